The van der Waals surface area contributed by atoms with Crippen molar-refractivity contribution in [1.82, 2.24) is 15.1 Å². The van der Waals surface area contributed by atoms with E-state index in [2.05, 4.69) is 61.5 Å². The molecular weight excluding hydrogens is 226 g/mol. The Kier molecular flexibility index (Phi) is 2.68. The number of hydrogen-bond donors (Lipinski definition) is 2. The zero-order chi connectivity index (χ0) is 13.7. The van der Waals surface area contributed by atoms with Crippen molar-refractivity contribution in [2.24, 2.45) is 0 Å². The van der Waals surface area contributed by atoms with Crippen LogP contribution in [-0.4, -0.2) is 38.7 Å². The Morgan fingerprint density at radius 2 is 1.67 bits per heavy atom. The van der Waals surface area contributed by atoms with E-state index in [1.165, 1.54) is 0 Å². The van der Waals surface area contributed by atoms with E-state index in [-0.39, 0.29) is 11.1 Å². The van der Waals surface area contributed by atoms with Gasteiger partial charge < -0.3 is 9.80 Å². The maximum Gasteiger partial charge on any atom is 0.137 e. The van der Waals surface area contributed by atoms with E-state index < -0.39 is 0 Å². The van der Waals surface area contributed by atoms with Crippen molar-refractivity contribution in [3.8, 4) is 0 Å². The molecule has 0 aliphatic carbocycles. The second kappa shape index (κ2) is 3.73. The van der Waals surface area contributed by atoms with Crippen molar-refractivity contribution in [2.75, 3.05) is 11.6 Å². The Morgan fingerprint density at radius 1 is 1.11 bits per heavy atom. The minimum absolute atomic E-state index is 0.00845. The normalized spacial score (nSPS) is 17.1. The van der Waals surface area contributed by atoms with Gasteiger partial charge in [-0.15, -0.1) is 0 Å². The van der Waals surface area contributed by atoms with Crippen LogP contribution in [0.15, 0.2) is 6.20 Å². The van der Waals surface area contributed by atoms with E-state index in [0.717, 1.165) is 11.4 Å². The highest BCUT2D eigenvalue weighted by molar-refractivity contribution is 6.02. The van der Waals surface area contributed by atoms with Crippen LogP contribution in [0, 0.1) is 5.41 Å². The van der Waals surface area contributed by atoms with Gasteiger partial charge in [0.2, 0.25) is 0 Å². The first-order chi connectivity index (χ1) is 8.12. The molecule has 0 fully saturated rings. The lowest BCUT2D eigenvalue weighted by molar-refractivity contribution is 0.216. The minimum atomic E-state index is -0.0739. The van der Waals surface area contributed by atoms with Gasteiger partial charge in [0.05, 0.1) is 18.4 Å². The van der Waals surface area contributed by atoms with Crippen molar-refractivity contribution in [2.45, 2.75) is 52.6 Å². The highest BCUT2D eigenvalue weighted by Crippen LogP contribution is 2.33. The smallest absolute Gasteiger partial charge is 0.137 e. The van der Waals surface area contributed by atoms with Crippen LogP contribution in [0.3, 0.4) is 0 Å². The summed E-state index contributed by atoms with van der Waals surface area (Å²) in [5, 5.41) is 15.5. The van der Waals surface area contributed by atoms with Gasteiger partial charge in [0.15, 0.2) is 0 Å². The van der Waals surface area contributed by atoms with E-state index in [0.29, 0.717) is 12.5 Å². The summed E-state index contributed by atoms with van der Waals surface area (Å²) in [5.41, 5.74) is 0.798. The number of aromatic nitrogens is 2. The molecule has 0 bridgehead atoms. The van der Waals surface area contributed by atoms with Crippen LogP contribution in [0.2, 0.25) is 0 Å². The largest absolute Gasteiger partial charge is 0.334 e. The van der Waals surface area contributed by atoms with Gasteiger partial charge in [-0.3, -0.25) is 10.5 Å². The van der Waals surface area contributed by atoms with Gasteiger partial charge in [-0.05, 0) is 41.5 Å². The molecule has 1 aromatic heterocycles. The van der Waals surface area contributed by atoms with Gasteiger partial charge in [0.25, 0.3) is 0 Å². The van der Waals surface area contributed by atoms with Crippen LogP contribution in [0.4, 0.5) is 5.82 Å². The number of nitrogens with zero attached hydrogens (tertiary/aromatic N) is 3. The van der Waals surface area contributed by atoms with E-state index in [4.69, 9.17) is 5.41 Å². The lowest BCUT2D eigenvalue weighted by Crippen LogP contribution is -2.59. The molecule has 1 aliphatic rings. The fraction of sp³-hybridized carbons (Fsp3) is 0.692. The number of rotatable bonds is 0. The van der Waals surface area contributed by atoms with Gasteiger partial charge in [0.1, 0.15) is 11.7 Å². The summed E-state index contributed by atoms with van der Waals surface area (Å²) < 4.78 is 0. The predicted molar refractivity (Wildman–Crippen MR) is 74.1 cm³/mol. The second-order valence-corrected chi connectivity index (χ2v) is 6.82. The molecule has 5 nitrogen and oxygen atoms in total. The van der Waals surface area contributed by atoms with E-state index in [9.17, 15) is 0 Å². The van der Waals surface area contributed by atoms with Crippen molar-refractivity contribution in [1.29, 1.82) is 5.41 Å². The number of H-pyrrole nitrogens is 1. The molecule has 0 radical (unpaired) electrons. The molecule has 1 aliphatic heterocycles. The molecule has 100 valence electrons. The minimum Gasteiger partial charge on any atom is -0.334 e. The zero-order valence-corrected chi connectivity index (χ0v) is 12.1. The third-order valence-corrected chi connectivity index (χ3v) is 3.32. The lowest BCUT2D eigenvalue weighted by atomic mass is 10.00. The topological polar surface area (TPSA) is 59.0 Å². The number of nitrogens with one attached hydrogen (secondary N) is 2. The van der Waals surface area contributed by atoms with Gasteiger partial charge in [0, 0.05) is 11.1 Å². The first-order valence-electron chi connectivity index (χ1n) is 6.30. The van der Waals surface area contributed by atoms with E-state index in [1.807, 2.05) is 0 Å². The lowest BCUT2D eigenvalue weighted by Gasteiger charge is -2.49. The molecule has 18 heavy (non-hydrogen) atoms. The molecule has 0 saturated heterocycles. The molecule has 0 atom stereocenters. The van der Waals surface area contributed by atoms with Crippen LogP contribution < -0.4 is 4.90 Å². The molecule has 2 heterocycles. The molecular formula is C13H23N5. The van der Waals surface area contributed by atoms with Crippen LogP contribution in [0.5, 0.6) is 0 Å². The summed E-state index contributed by atoms with van der Waals surface area (Å²) in [6.45, 7) is 13.6. The third kappa shape index (κ3) is 1.98. The van der Waals surface area contributed by atoms with E-state index >= 15 is 0 Å². The Bertz CT molecular complexity index is 460. The van der Waals surface area contributed by atoms with Gasteiger partial charge >= 0.3 is 0 Å². The van der Waals surface area contributed by atoms with Crippen LogP contribution in [0.1, 0.15) is 47.1 Å². The summed E-state index contributed by atoms with van der Waals surface area (Å²) in [5.74, 6) is 1.50. The monoisotopic (exact) mass is 249 g/mol. The third-order valence-electron chi connectivity index (χ3n) is 3.32. The fourth-order valence-corrected chi connectivity index (χ4v) is 2.18. The summed E-state index contributed by atoms with van der Waals surface area (Å²) in [4.78, 5) is 4.37. The maximum absolute atomic E-state index is 8.33. The number of hydrogen-bond acceptors (Lipinski definition) is 3. The highest BCUT2D eigenvalue weighted by Gasteiger charge is 2.38. The standard InChI is InChI=1S/C13H23N5/c1-12(2,3)17-8-18(13(4,5)6)11-9(10(17)14)7-15-16-11/h7,14H,8H2,1-6H3,(H,15,16). The first kappa shape index (κ1) is 12.9. The molecule has 5 heteroatoms. The van der Waals surface area contributed by atoms with Crippen LogP contribution >= 0.6 is 0 Å². The molecule has 1 aromatic rings. The van der Waals surface area contributed by atoms with E-state index in [1.54, 1.807) is 6.20 Å². The Balaban J connectivity index is 2.49. The molecule has 2 rings (SSSR count). The van der Waals surface area contributed by atoms with Crippen molar-refractivity contribution >= 4 is 11.7 Å². The van der Waals surface area contributed by atoms with Crippen molar-refractivity contribution in [3.05, 3.63) is 11.8 Å². The molecule has 0 amide bonds. The summed E-state index contributed by atoms with van der Waals surface area (Å²) in [6.07, 6.45) is 1.74. The molecule has 0 saturated carbocycles. The first-order valence-corrected chi connectivity index (χ1v) is 6.30. The van der Waals surface area contributed by atoms with Gasteiger partial charge in [-0.25, -0.2) is 0 Å². The van der Waals surface area contributed by atoms with Crippen LogP contribution in [-0.2, 0) is 0 Å². The van der Waals surface area contributed by atoms with Gasteiger partial charge in [-0.1, -0.05) is 0 Å². The Morgan fingerprint density at radius 3 is 2.17 bits per heavy atom. The number of anilines is 1. The second-order valence-electron chi connectivity index (χ2n) is 6.82. The zero-order valence-electron chi connectivity index (χ0n) is 12.1. The quantitative estimate of drug-likeness (QED) is 0.742. The summed E-state index contributed by atoms with van der Waals surface area (Å²) in [7, 11) is 0. The maximum atomic E-state index is 8.33. The summed E-state index contributed by atoms with van der Waals surface area (Å²) in [6, 6.07) is 0. The predicted octanol–water partition coefficient (Wildman–Crippen LogP) is 2.41. The van der Waals surface area contributed by atoms with Gasteiger partial charge in [-0.2, -0.15) is 5.10 Å². The number of aromatic amines is 1. The molecule has 0 aromatic carbocycles. The SMILES string of the molecule is CC(C)(C)N1CN(C(C)(C)C)c2[nH]ncc2C1=N. The molecule has 0 unspecified atom stereocenters. The Labute approximate surface area is 109 Å². The molecule has 0 spiro atoms. The summed E-state index contributed by atoms with van der Waals surface area (Å²) >= 11 is 0. The fourth-order valence-electron chi connectivity index (χ4n) is 2.18. The van der Waals surface area contributed by atoms with Crippen molar-refractivity contribution in [3.63, 3.8) is 0 Å². The number of fused-ring (bicyclic) bond motifs is 1. The number of amidine groups is 1. The van der Waals surface area contributed by atoms with Crippen LogP contribution in [0.25, 0.3) is 0 Å². The molecule has 2 N–H and O–H groups in total. The van der Waals surface area contributed by atoms with Crippen molar-refractivity contribution < 1.29 is 0 Å². The highest BCUT2D eigenvalue weighted by atomic mass is 15.4. The Hall–Kier alpha value is -1.52. The average Bonchev–Trinajstić information content (AvgIpc) is 2.62. The average molecular weight is 249 g/mol.